The zero-order valence-electron chi connectivity index (χ0n) is 12.2. The predicted octanol–water partition coefficient (Wildman–Crippen LogP) is 2.17. The van der Waals surface area contributed by atoms with E-state index < -0.39 is 17.1 Å². The van der Waals surface area contributed by atoms with E-state index in [0.29, 0.717) is 5.57 Å². The molecule has 0 bridgehead atoms. The molecule has 19 heavy (non-hydrogen) atoms. The molecule has 106 valence electrons. The van der Waals surface area contributed by atoms with Crippen LogP contribution < -0.4 is 0 Å². The van der Waals surface area contributed by atoms with Gasteiger partial charge < -0.3 is 9.84 Å². The van der Waals surface area contributed by atoms with Gasteiger partial charge in [0.25, 0.3) is 0 Å². The lowest BCUT2D eigenvalue weighted by molar-refractivity contribution is -0.143. The smallest absolute Gasteiger partial charge is 0.303 e. The zero-order chi connectivity index (χ0) is 14.8. The van der Waals surface area contributed by atoms with E-state index in [2.05, 4.69) is 0 Å². The molecule has 1 aliphatic carbocycles. The molecule has 0 saturated carbocycles. The second kappa shape index (κ2) is 5.29. The van der Waals surface area contributed by atoms with Gasteiger partial charge in [-0.3, -0.25) is 9.59 Å². The Morgan fingerprint density at radius 2 is 2.11 bits per heavy atom. The third-order valence-corrected chi connectivity index (χ3v) is 3.59. The lowest BCUT2D eigenvalue weighted by Crippen LogP contribution is -2.48. The normalized spacial score (nSPS) is 28.1. The van der Waals surface area contributed by atoms with Gasteiger partial charge in [0.1, 0.15) is 11.7 Å². The van der Waals surface area contributed by atoms with Gasteiger partial charge in [-0.25, -0.2) is 0 Å². The first kappa shape index (κ1) is 15.6. The molecule has 0 amide bonds. The maximum absolute atomic E-state index is 11.6. The molecule has 0 radical (unpaired) electrons. The number of hydrogen-bond donors (Lipinski definition) is 1. The largest absolute Gasteiger partial charge is 0.459 e. The minimum Gasteiger partial charge on any atom is -0.459 e. The summed E-state index contributed by atoms with van der Waals surface area (Å²) in [6.45, 7) is 8.50. The summed E-state index contributed by atoms with van der Waals surface area (Å²) in [5.41, 5.74) is -1.18. The van der Waals surface area contributed by atoms with Crippen molar-refractivity contribution in [1.82, 2.24) is 0 Å². The van der Waals surface area contributed by atoms with Crippen LogP contribution in [0.3, 0.4) is 0 Å². The standard InChI is InChI=1S/C15H22O4/c1-10-8-13(17)9-14(4,5)15(10,18)7-6-11(2)19-12(3)16/h6-8,11,18H,9H2,1-5H3/b7-6-/t11-,15-/m1/s1. The highest BCUT2D eigenvalue weighted by molar-refractivity contribution is 5.92. The van der Waals surface area contributed by atoms with Gasteiger partial charge in [-0.05, 0) is 37.6 Å². The van der Waals surface area contributed by atoms with Crippen LogP contribution in [-0.4, -0.2) is 28.6 Å². The number of ketones is 1. The van der Waals surface area contributed by atoms with E-state index in [-0.39, 0.29) is 18.2 Å². The highest BCUT2D eigenvalue weighted by atomic mass is 16.5. The fourth-order valence-corrected chi connectivity index (χ4v) is 2.44. The molecule has 1 N–H and O–H groups in total. The second-order valence-electron chi connectivity index (χ2n) is 5.79. The predicted molar refractivity (Wildman–Crippen MR) is 72.5 cm³/mol. The van der Waals surface area contributed by atoms with E-state index in [4.69, 9.17) is 4.74 Å². The van der Waals surface area contributed by atoms with E-state index >= 15 is 0 Å². The molecule has 0 spiro atoms. The van der Waals surface area contributed by atoms with Gasteiger partial charge in [0.15, 0.2) is 5.78 Å². The van der Waals surface area contributed by atoms with Crippen molar-refractivity contribution in [3.05, 3.63) is 23.8 Å². The molecule has 0 heterocycles. The molecule has 0 unspecified atom stereocenters. The van der Waals surface area contributed by atoms with Crippen LogP contribution in [0.4, 0.5) is 0 Å². The Morgan fingerprint density at radius 1 is 1.53 bits per heavy atom. The van der Waals surface area contributed by atoms with Gasteiger partial charge in [0.05, 0.1) is 0 Å². The minimum absolute atomic E-state index is 0.0219. The van der Waals surface area contributed by atoms with Crippen molar-refractivity contribution in [3.8, 4) is 0 Å². The van der Waals surface area contributed by atoms with Gasteiger partial charge in [0, 0.05) is 18.8 Å². The van der Waals surface area contributed by atoms with Gasteiger partial charge in [0.2, 0.25) is 0 Å². The van der Waals surface area contributed by atoms with Crippen molar-refractivity contribution in [2.24, 2.45) is 5.41 Å². The Morgan fingerprint density at radius 3 is 2.58 bits per heavy atom. The number of ether oxygens (including phenoxy) is 1. The van der Waals surface area contributed by atoms with Crippen LogP contribution in [0.25, 0.3) is 0 Å². The van der Waals surface area contributed by atoms with Crippen molar-refractivity contribution < 1.29 is 19.4 Å². The molecule has 1 aliphatic rings. The van der Waals surface area contributed by atoms with Crippen LogP contribution in [0, 0.1) is 5.41 Å². The van der Waals surface area contributed by atoms with Gasteiger partial charge >= 0.3 is 5.97 Å². The van der Waals surface area contributed by atoms with Crippen molar-refractivity contribution in [2.45, 2.75) is 52.7 Å². The summed E-state index contributed by atoms with van der Waals surface area (Å²) in [5.74, 6) is -0.344. The van der Waals surface area contributed by atoms with Crippen LogP contribution in [-0.2, 0) is 14.3 Å². The quantitative estimate of drug-likeness (QED) is 0.628. The molecule has 0 fully saturated rings. The average molecular weight is 266 g/mol. The van der Waals surface area contributed by atoms with Gasteiger partial charge in [-0.2, -0.15) is 0 Å². The molecule has 4 nitrogen and oxygen atoms in total. The Hall–Kier alpha value is -1.42. The summed E-state index contributed by atoms with van der Waals surface area (Å²) in [6.07, 6.45) is 4.62. The second-order valence-corrected chi connectivity index (χ2v) is 5.79. The molecule has 0 aliphatic heterocycles. The van der Waals surface area contributed by atoms with Crippen LogP contribution in [0.15, 0.2) is 23.8 Å². The minimum atomic E-state index is -1.20. The summed E-state index contributed by atoms with van der Waals surface area (Å²) < 4.78 is 4.99. The highest BCUT2D eigenvalue weighted by Gasteiger charge is 2.46. The monoisotopic (exact) mass is 266 g/mol. The molecule has 1 rings (SSSR count). The number of allylic oxidation sites excluding steroid dienone is 1. The molecule has 0 aromatic rings. The van der Waals surface area contributed by atoms with Crippen LogP contribution in [0.1, 0.15) is 41.0 Å². The van der Waals surface area contributed by atoms with Crippen molar-refractivity contribution in [1.29, 1.82) is 0 Å². The Labute approximate surface area is 114 Å². The number of esters is 1. The summed E-state index contributed by atoms with van der Waals surface area (Å²) in [7, 11) is 0. The Bertz CT molecular complexity index is 445. The summed E-state index contributed by atoms with van der Waals surface area (Å²) in [4.78, 5) is 22.4. The van der Waals surface area contributed by atoms with Crippen LogP contribution >= 0.6 is 0 Å². The van der Waals surface area contributed by atoms with Crippen LogP contribution in [0.2, 0.25) is 0 Å². The number of hydrogen-bond acceptors (Lipinski definition) is 4. The van der Waals surface area contributed by atoms with E-state index in [1.807, 2.05) is 13.8 Å². The zero-order valence-corrected chi connectivity index (χ0v) is 12.2. The molecule has 0 aromatic carbocycles. The molecule has 0 saturated heterocycles. The topological polar surface area (TPSA) is 63.6 Å². The summed E-state index contributed by atoms with van der Waals surface area (Å²) >= 11 is 0. The first-order valence-electron chi connectivity index (χ1n) is 6.39. The van der Waals surface area contributed by atoms with Crippen molar-refractivity contribution >= 4 is 11.8 Å². The van der Waals surface area contributed by atoms with Gasteiger partial charge in [-0.15, -0.1) is 0 Å². The number of carbonyl (C=O) groups excluding carboxylic acids is 2. The van der Waals surface area contributed by atoms with E-state index in [0.717, 1.165) is 0 Å². The van der Waals surface area contributed by atoms with E-state index in [9.17, 15) is 14.7 Å². The van der Waals surface area contributed by atoms with Gasteiger partial charge in [-0.1, -0.05) is 13.8 Å². The number of aliphatic hydroxyl groups is 1. The lowest BCUT2D eigenvalue weighted by Gasteiger charge is -2.44. The fourth-order valence-electron chi connectivity index (χ4n) is 2.44. The SMILES string of the molecule is CC(=O)O[C@H](C)/C=C\[C@@]1(O)C(C)=CC(=O)CC1(C)C. The maximum atomic E-state index is 11.6. The molecular formula is C15H22O4. The Balaban J connectivity index is 3.01. The Kier molecular flexibility index (Phi) is 4.35. The lowest BCUT2D eigenvalue weighted by atomic mass is 9.64. The van der Waals surface area contributed by atoms with Crippen molar-refractivity contribution in [3.63, 3.8) is 0 Å². The number of rotatable bonds is 3. The summed E-state index contributed by atoms with van der Waals surface area (Å²) in [6, 6.07) is 0. The highest BCUT2D eigenvalue weighted by Crippen LogP contribution is 2.44. The number of carbonyl (C=O) groups is 2. The molecule has 0 aromatic heterocycles. The maximum Gasteiger partial charge on any atom is 0.303 e. The first-order chi connectivity index (χ1) is 8.58. The fraction of sp³-hybridized carbons (Fsp3) is 0.600. The van der Waals surface area contributed by atoms with E-state index in [1.54, 1.807) is 26.0 Å². The van der Waals surface area contributed by atoms with Crippen LogP contribution in [0.5, 0.6) is 0 Å². The third kappa shape index (κ3) is 3.32. The molecule has 4 heteroatoms. The van der Waals surface area contributed by atoms with E-state index in [1.165, 1.54) is 13.0 Å². The third-order valence-electron chi connectivity index (χ3n) is 3.59. The first-order valence-corrected chi connectivity index (χ1v) is 6.39. The summed E-state index contributed by atoms with van der Waals surface area (Å²) in [5, 5.41) is 10.8. The molecular weight excluding hydrogens is 244 g/mol. The van der Waals surface area contributed by atoms with Crippen molar-refractivity contribution in [2.75, 3.05) is 0 Å². The average Bonchev–Trinajstić information content (AvgIpc) is 2.21. The molecule has 2 atom stereocenters.